The van der Waals surface area contributed by atoms with Gasteiger partial charge in [-0.2, -0.15) is 13.2 Å². The number of rotatable bonds is 8. The van der Waals surface area contributed by atoms with Crippen LogP contribution in [-0.4, -0.2) is 94.4 Å². The fourth-order valence-electron chi connectivity index (χ4n) is 6.27. The van der Waals surface area contributed by atoms with Crippen molar-refractivity contribution in [3.05, 3.63) is 46.8 Å². The van der Waals surface area contributed by atoms with Crippen LogP contribution >= 0.6 is 18.5 Å². The van der Waals surface area contributed by atoms with Gasteiger partial charge in [-0.3, -0.25) is 0 Å². The summed E-state index contributed by atoms with van der Waals surface area (Å²) in [6.07, 6.45) is -2.88. The lowest BCUT2D eigenvalue weighted by molar-refractivity contribution is -0.126. The molecular weight excluding hydrogens is 623 g/mol. The topological polar surface area (TPSA) is 56.8 Å². The van der Waals surface area contributed by atoms with E-state index in [1.165, 1.54) is 11.3 Å². The van der Waals surface area contributed by atoms with Gasteiger partial charge in [0.1, 0.15) is 19.1 Å². The third-order valence-electron chi connectivity index (χ3n) is 8.88. The Bertz CT molecular complexity index is 1600. The minimum absolute atomic E-state index is 0.134. The van der Waals surface area contributed by atoms with Crippen molar-refractivity contribution in [1.82, 2.24) is 9.80 Å². The summed E-state index contributed by atoms with van der Waals surface area (Å²) in [5.41, 5.74) is 1.43. The first-order chi connectivity index (χ1) is 21.4. The van der Waals surface area contributed by atoms with E-state index in [0.29, 0.717) is 63.4 Å². The lowest BCUT2D eigenvalue weighted by atomic mass is 10.0. The fourth-order valence-corrected chi connectivity index (χ4v) is 10.3. The quantitative estimate of drug-likeness (QED) is 0.160. The summed E-state index contributed by atoms with van der Waals surface area (Å²) < 4.78 is 75.8. The normalized spacial score (nSPS) is 24.3. The van der Waals surface area contributed by atoms with Crippen LogP contribution in [0.2, 0.25) is 0 Å². The lowest BCUT2D eigenvalue weighted by Gasteiger charge is -2.33. The molecule has 5 rings (SSSR count). The number of fused-ring (bicyclic) bond motifs is 1. The molecule has 0 aliphatic carbocycles. The van der Waals surface area contributed by atoms with E-state index in [0.717, 1.165) is 24.7 Å². The maximum atomic E-state index is 14.8. The lowest BCUT2D eigenvalue weighted by Crippen LogP contribution is -2.46. The van der Waals surface area contributed by atoms with Crippen LogP contribution < -0.4 is 20.7 Å². The Morgan fingerprint density at radius 1 is 1.13 bits per heavy atom. The third kappa shape index (κ3) is 7.97. The van der Waals surface area contributed by atoms with Gasteiger partial charge < -0.3 is 29.7 Å². The van der Waals surface area contributed by atoms with E-state index in [1.54, 1.807) is 25.3 Å². The molecule has 0 unspecified atom stereocenters. The Balaban J connectivity index is 1.34. The van der Waals surface area contributed by atoms with Crippen LogP contribution in [0.5, 0.6) is 5.75 Å². The summed E-state index contributed by atoms with van der Waals surface area (Å²) in [5, 5.41) is 7.76. The standard InChI is InChI=1S/C33H41F4N4O2PS/c1-40(2)22-13-17-44(42,18-14-22)23-10-11-28(30(19-23)43-4)38-15-6-9-31-25(20-33(35,36)37)24-7-5-8-29(32(24)45-31)39-27-12-16-41(3)21-26(27)34/h5,7-8,10-11,19,22,26-27,38-39H,12-18,20-21H2,1-4H3/t22?,26-,27+,44?/m0/s1. The molecule has 2 saturated heterocycles. The predicted molar refractivity (Wildman–Crippen MR) is 178 cm³/mol. The van der Waals surface area contributed by atoms with Gasteiger partial charge in [-0.1, -0.05) is 24.0 Å². The molecule has 0 amide bonds. The van der Waals surface area contributed by atoms with E-state index in [9.17, 15) is 22.1 Å². The second-order valence-corrected chi connectivity index (χ2v) is 16.5. The average molecular weight is 665 g/mol. The molecule has 2 atom stereocenters. The maximum absolute atomic E-state index is 14.8. The van der Waals surface area contributed by atoms with E-state index in [1.807, 2.05) is 30.1 Å². The van der Waals surface area contributed by atoms with E-state index < -0.39 is 32.0 Å². The number of anilines is 2. The summed E-state index contributed by atoms with van der Waals surface area (Å²) in [4.78, 5) is 4.46. The van der Waals surface area contributed by atoms with Gasteiger partial charge >= 0.3 is 6.18 Å². The zero-order valence-corrected chi connectivity index (χ0v) is 27.8. The van der Waals surface area contributed by atoms with E-state index >= 15 is 0 Å². The highest BCUT2D eigenvalue weighted by Gasteiger charge is 2.34. The minimum Gasteiger partial charge on any atom is -0.495 e. The average Bonchev–Trinajstić information content (AvgIpc) is 3.33. The monoisotopic (exact) mass is 664 g/mol. The Hall–Kier alpha value is -2.77. The number of halogens is 4. The first-order valence-corrected chi connectivity index (χ1v) is 18.1. The molecule has 244 valence electrons. The van der Waals surface area contributed by atoms with Crippen LogP contribution in [-0.2, 0) is 11.0 Å². The van der Waals surface area contributed by atoms with Crippen LogP contribution in [0.15, 0.2) is 36.4 Å². The zero-order valence-electron chi connectivity index (χ0n) is 26.1. The molecule has 12 heteroatoms. The van der Waals surface area contributed by atoms with Crippen molar-refractivity contribution in [1.29, 1.82) is 0 Å². The first kappa shape index (κ1) is 33.6. The predicted octanol–water partition coefficient (Wildman–Crippen LogP) is 6.64. The number of nitrogens with one attached hydrogen (secondary N) is 2. The number of nitrogens with zero attached hydrogens (tertiary/aromatic N) is 2. The van der Waals surface area contributed by atoms with Gasteiger partial charge in [0, 0.05) is 36.8 Å². The van der Waals surface area contributed by atoms with Crippen molar-refractivity contribution in [3.63, 3.8) is 0 Å². The maximum Gasteiger partial charge on any atom is 0.393 e. The van der Waals surface area contributed by atoms with Crippen molar-refractivity contribution in [2.24, 2.45) is 0 Å². The second-order valence-electron chi connectivity index (χ2n) is 12.3. The number of benzene rings is 2. The van der Waals surface area contributed by atoms with Crippen molar-refractivity contribution >= 4 is 45.2 Å². The molecule has 0 bridgehead atoms. The van der Waals surface area contributed by atoms with Gasteiger partial charge in [-0.25, -0.2) is 4.39 Å². The Kier molecular flexibility index (Phi) is 10.4. The molecule has 6 nitrogen and oxygen atoms in total. The Labute approximate surface area is 266 Å². The van der Waals surface area contributed by atoms with Gasteiger partial charge in [0.2, 0.25) is 0 Å². The SMILES string of the molecule is COc1cc(P2(=O)CCC(N(C)C)CC2)ccc1NCC#Cc1sc2c(N[C@@H]3CCN(C)C[C@@H]3F)cccc2c1CC(F)(F)F. The van der Waals surface area contributed by atoms with Crippen LogP contribution in [0.4, 0.5) is 28.9 Å². The molecule has 2 fully saturated rings. The summed E-state index contributed by atoms with van der Waals surface area (Å²) in [5.74, 6) is 6.50. The molecule has 2 aliphatic heterocycles. The van der Waals surface area contributed by atoms with Crippen LogP contribution in [0, 0.1) is 11.8 Å². The smallest absolute Gasteiger partial charge is 0.393 e. The number of likely N-dealkylation sites (tertiary alicyclic amines) is 1. The van der Waals surface area contributed by atoms with Gasteiger partial charge in [-0.15, -0.1) is 11.3 Å². The minimum atomic E-state index is -4.41. The van der Waals surface area contributed by atoms with Gasteiger partial charge in [0.25, 0.3) is 0 Å². The molecule has 2 aromatic carbocycles. The number of alkyl halides is 4. The fraction of sp³-hybridized carbons (Fsp3) is 0.515. The molecule has 0 spiro atoms. The first-order valence-electron chi connectivity index (χ1n) is 15.2. The molecule has 45 heavy (non-hydrogen) atoms. The van der Waals surface area contributed by atoms with Crippen LogP contribution in [0.1, 0.15) is 29.7 Å². The number of methoxy groups -OCH3 is 1. The summed E-state index contributed by atoms with van der Waals surface area (Å²) in [7, 11) is 5.02. The van der Waals surface area contributed by atoms with Crippen molar-refractivity contribution < 1.29 is 26.9 Å². The zero-order chi connectivity index (χ0) is 32.4. The number of ether oxygens (including phenoxy) is 1. The summed E-state index contributed by atoms with van der Waals surface area (Å²) >= 11 is 1.20. The van der Waals surface area contributed by atoms with Crippen molar-refractivity contribution in [2.45, 2.75) is 50.1 Å². The Morgan fingerprint density at radius 2 is 1.89 bits per heavy atom. The summed E-state index contributed by atoms with van der Waals surface area (Å²) in [6, 6.07) is 10.7. The van der Waals surface area contributed by atoms with Crippen molar-refractivity contribution in [2.75, 3.05) is 70.8 Å². The number of piperidine rings is 1. The van der Waals surface area contributed by atoms with Gasteiger partial charge in [0.15, 0.2) is 0 Å². The van der Waals surface area contributed by atoms with Gasteiger partial charge in [0.05, 0.1) is 47.1 Å². The third-order valence-corrected chi connectivity index (χ3v) is 13.3. The molecule has 0 radical (unpaired) electrons. The molecule has 2 aliphatic rings. The van der Waals surface area contributed by atoms with E-state index in [-0.39, 0.29) is 12.1 Å². The molecule has 2 N–H and O–H groups in total. The highest BCUT2D eigenvalue weighted by Crippen LogP contribution is 2.50. The van der Waals surface area contributed by atoms with E-state index in [2.05, 4.69) is 41.5 Å². The second kappa shape index (κ2) is 13.9. The largest absolute Gasteiger partial charge is 0.495 e. The molecule has 1 aromatic heterocycles. The highest BCUT2D eigenvalue weighted by atomic mass is 32.1. The number of hydrogen-bond donors (Lipinski definition) is 2. The van der Waals surface area contributed by atoms with Crippen molar-refractivity contribution in [3.8, 4) is 17.6 Å². The van der Waals surface area contributed by atoms with Crippen LogP contribution in [0.3, 0.4) is 0 Å². The molecular formula is C33H41F4N4O2PS. The molecule has 3 heterocycles. The number of hydrogen-bond acceptors (Lipinski definition) is 7. The van der Waals surface area contributed by atoms with E-state index in [4.69, 9.17) is 4.74 Å². The molecule has 3 aromatic rings. The highest BCUT2D eigenvalue weighted by molar-refractivity contribution is 7.71. The Morgan fingerprint density at radius 3 is 2.56 bits per heavy atom. The molecule has 0 saturated carbocycles. The number of thiophene rings is 1. The summed E-state index contributed by atoms with van der Waals surface area (Å²) in [6.45, 7) is 1.22. The van der Waals surface area contributed by atoms with Crippen LogP contribution in [0.25, 0.3) is 10.1 Å². The van der Waals surface area contributed by atoms with Gasteiger partial charge in [-0.05, 0) is 75.6 Å².